The SMILES string of the molecule is CCOc1ccc(/C=C(/NC(=O)c2ccccc2)C(=O)Nc2cccc(SC(C)C(=O)Nc3nc(-c4ccc(Cl)cc4Cl)cs3)c2)cc1. The Morgan fingerprint density at radius 1 is 0.938 bits per heavy atom. The van der Waals surface area contributed by atoms with Gasteiger partial charge in [0, 0.05) is 32.1 Å². The van der Waals surface area contributed by atoms with Crippen molar-refractivity contribution < 1.29 is 19.1 Å². The highest BCUT2D eigenvalue weighted by atomic mass is 35.5. The summed E-state index contributed by atoms with van der Waals surface area (Å²) in [6, 6.07) is 28.1. The quantitative estimate of drug-likeness (QED) is 0.0878. The summed E-state index contributed by atoms with van der Waals surface area (Å²) < 4.78 is 5.51. The summed E-state index contributed by atoms with van der Waals surface area (Å²) in [6.07, 6.45) is 1.60. The lowest BCUT2D eigenvalue weighted by Gasteiger charge is -2.14. The van der Waals surface area contributed by atoms with Crippen molar-refractivity contribution in [3.63, 3.8) is 0 Å². The lowest BCUT2D eigenvalue weighted by atomic mass is 10.1. The van der Waals surface area contributed by atoms with E-state index in [2.05, 4.69) is 20.9 Å². The van der Waals surface area contributed by atoms with Gasteiger partial charge in [-0.15, -0.1) is 23.1 Å². The molecule has 1 unspecified atom stereocenters. The third-order valence-corrected chi connectivity index (χ3v) is 9.15. The van der Waals surface area contributed by atoms with Crippen molar-refractivity contribution in [3.05, 3.63) is 129 Å². The number of rotatable bonds is 12. The Bertz CT molecular complexity index is 1950. The summed E-state index contributed by atoms with van der Waals surface area (Å²) in [5, 5.41) is 11.3. The fraction of sp³-hybridized carbons (Fsp3) is 0.111. The number of benzene rings is 4. The third-order valence-electron chi connectivity index (χ3n) is 6.75. The van der Waals surface area contributed by atoms with Gasteiger partial charge in [-0.1, -0.05) is 59.6 Å². The number of carbonyl (C=O) groups excluding carboxylic acids is 3. The molecule has 1 atom stereocenters. The summed E-state index contributed by atoms with van der Waals surface area (Å²) in [7, 11) is 0. The van der Waals surface area contributed by atoms with Gasteiger partial charge in [0.15, 0.2) is 5.13 Å². The number of halogens is 2. The van der Waals surface area contributed by atoms with Gasteiger partial charge in [0.05, 0.1) is 22.6 Å². The number of hydrogen-bond donors (Lipinski definition) is 3. The molecule has 0 radical (unpaired) electrons. The summed E-state index contributed by atoms with van der Waals surface area (Å²) in [4.78, 5) is 44.8. The Balaban J connectivity index is 1.26. The average molecular weight is 718 g/mol. The van der Waals surface area contributed by atoms with Crippen molar-refractivity contribution >= 4 is 80.9 Å². The minimum Gasteiger partial charge on any atom is -0.494 e. The van der Waals surface area contributed by atoms with Crippen molar-refractivity contribution in [2.75, 3.05) is 17.2 Å². The number of amides is 3. The minimum absolute atomic E-state index is 0.0570. The molecular weight excluding hydrogens is 687 g/mol. The first kappa shape index (κ1) is 34.7. The molecule has 1 aromatic heterocycles. The Morgan fingerprint density at radius 3 is 2.44 bits per heavy atom. The molecule has 244 valence electrons. The second kappa shape index (κ2) is 16.5. The van der Waals surface area contributed by atoms with Gasteiger partial charge in [-0.05, 0) is 86.2 Å². The molecule has 0 spiro atoms. The molecule has 0 aliphatic carbocycles. The largest absolute Gasteiger partial charge is 0.494 e. The van der Waals surface area contributed by atoms with Crippen molar-refractivity contribution in [2.45, 2.75) is 24.0 Å². The molecule has 0 saturated heterocycles. The second-order valence-corrected chi connectivity index (χ2v) is 13.4. The zero-order valence-corrected chi connectivity index (χ0v) is 29.0. The number of ether oxygens (including phenoxy) is 1. The predicted octanol–water partition coefficient (Wildman–Crippen LogP) is 9.04. The van der Waals surface area contributed by atoms with Crippen molar-refractivity contribution in [3.8, 4) is 17.0 Å². The first-order valence-corrected chi connectivity index (χ1v) is 17.3. The Labute approximate surface area is 296 Å². The fourth-order valence-electron chi connectivity index (χ4n) is 4.40. The van der Waals surface area contributed by atoms with Crippen LogP contribution in [0.25, 0.3) is 17.3 Å². The monoisotopic (exact) mass is 716 g/mol. The van der Waals surface area contributed by atoms with Crippen LogP contribution in [-0.4, -0.2) is 34.6 Å². The molecule has 8 nitrogen and oxygen atoms in total. The maximum atomic E-state index is 13.5. The first-order valence-electron chi connectivity index (χ1n) is 14.8. The molecule has 0 aliphatic heterocycles. The van der Waals surface area contributed by atoms with Crippen LogP contribution in [0.15, 0.2) is 113 Å². The van der Waals surface area contributed by atoms with Gasteiger partial charge in [0.25, 0.3) is 11.8 Å². The summed E-state index contributed by atoms with van der Waals surface area (Å²) in [5.74, 6) is -0.468. The molecule has 5 aromatic rings. The van der Waals surface area contributed by atoms with E-state index in [9.17, 15) is 14.4 Å². The molecule has 0 bridgehead atoms. The van der Waals surface area contributed by atoms with Crippen molar-refractivity contribution in [1.29, 1.82) is 0 Å². The van der Waals surface area contributed by atoms with E-state index in [1.54, 1.807) is 97.9 Å². The standard InChI is InChI=1S/C36H30Cl2N4O4S2/c1-3-46-27-15-12-23(13-16-27)18-31(40-34(44)24-8-5-4-6-9-24)35(45)39-26-10-7-11-28(20-26)48-22(2)33(43)42-36-41-32(21-47-36)29-17-14-25(37)19-30(29)38/h4-22H,3H2,1-2H3,(H,39,45)(H,40,44)(H,41,42,43)/b31-18+. The fourth-order valence-corrected chi connectivity index (χ4v) is 6.54. The maximum Gasteiger partial charge on any atom is 0.272 e. The topological polar surface area (TPSA) is 109 Å². The Morgan fingerprint density at radius 2 is 1.71 bits per heavy atom. The van der Waals surface area contributed by atoms with E-state index < -0.39 is 17.1 Å². The van der Waals surface area contributed by atoms with Gasteiger partial charge in [0.2, 0.25) is 5.91 Å². The van der Waals surface area contributed by atoms with Gasteiger partial charge in [-0.3, -0.25) is 14.4 Å². The van der Waals surface area contributed by atoms with E-state index in [-0.39, 0.29) is 11.6 Å². The molecule has 5 rings (SSSR count). The van der Waals surface area contributed by atoms with Crippen molar-refractivity contribution in [1.82, 2.24) is 10.3 Å². The van der Waals surface area contributed by atoms with Gasteiger partial charge in [0.1, 0.15) is 11.4 Å². The van der Waals surface area contributed by atoms with E-state index in [0.717, 1.165) is 10.5 Å². The summed E-state index contributed by atoms with van der Waals surface area (Å²) in [6.45, 7) is 4.22. The molecule has 0 saturated carbocycles. The smallest absolute Gasteiger partial charge is 0.272 e. The molecule has 0 aliphatic rings. The van der Waals surface area contributed by atoms with Gasteiger partial charge < -0.3 is 20.7 Å². The molecule has 1 heterocycles. The Hall–Kier alpha value is -4.61. The molecule has 3 amide bonds. The third kappa shape index (κ3) is 9.48. The lowest BCUT2D eigenvalue weighted by molar-refractivity contribution is -0.115. The number of aromatic nitrogens is 1. The van der Waals surface area contributed by atoms with Gasteiger partial charge in [-0.25, -0.2) is 4.98 Å². The number of nitrogens with one attached hydrogen (secondary N) is 3. The Kier molecular flexibility index (Phi) is 11.9. The zero-order chi connectivity index (χ0) is 34.0. The van der Waals surface area contributed by atoms with Crippen LogP contribution in [0.1, 0.15) is 29.8 Å². The van der Waals surface area contributed by atoms with E-state index in [0.29, 0.717) is 50.0 Å². The number of hydrogen-bond acceptors (Lipinski definition) is 7. The average Bonchev–Trinajstić information content (AvgIpc) is 3.53. The molecular formula is C36H30Cl2N4O4S2. The van der Waals surface area contributed by atoms with E-state index in [1.165, 1.54) is 23.1 Å². The molecule has 4 aromatic carbocycles. The van der Waals surface area contributed by atoms with E-state index >= 15 is 0 Å². The van der Waals surface area contributed by atoms with Crippen LogP contribution in [0.3, 0.4) is 0 Å². The summed E-state index contributed by atoms with van der Waals surface area (Å²) >= 11 is 14.9. The van der Waals surface area contributed by atoms with E-state index in [4.69, 9.17) is 27.9 Å². The van der Waals surface area contributed by atoms with Crippen LogP contribution in [0.5, 0.6) is 5.75 Å². The number of thiazole rings is 1. The molecule has 48 heavy (non-hydrogen) atoms. The molecule has 3 N–H and O–H groups in total. The number of carbonyl (C=O) groups is 3. The van der Waals surface area contributed by atoms with Crippen LogP contribution in [-0.2, 0) is 9.59 Å². The van der Waals surface area contributed by atoms with Crippen LogP contribution >= 0.6 is 46.3 Å². The van der Waals surface area contributed by atoms with Gasteiger partial charge >= 0.3 is 0 Å². The number of anilines is 2. The number of nitrogens with zero attached hydrogens (tertiary/aromatic N) is 1. The highest BCUT2D eigenvalue weighted by Crippen LogP contribution is 2.33. The van der Waals surface area contributed by atoms with Gasteiger partial charge in [-0.2, -0.15) is 0 Å². The zero-order valence-electron chi connectivity index (χ0n) is 25.8. The normalized spacial score (nSPS) is 11.8. The molecule has 0 fully saturated rings. The highest BCUT2D eigenvalue weighted by Gasteiger charge is 2.19. The van der Waals surface area contributed by atoms with Crippen LogP contribution in [0, 0.1) is 0 Å². The lowest BCUT2D eigenvalue weighted by Crippen LogP contribution is -2.30. The van der Waals surface area contributed by atoms with Crippen LogP contribution in [0.2, 0.25) is 10.0 Å². The highest BCUT2D eigenvalue weighted by molar-refractivity contribution is 8.00. The first-order chi connectivity index (χ1) is 23.2. The second-order valence-electron chi connectivity index (χ2n) is 10.3. The van der Waals surface area contributed by atoms with E-state index in [1.807, 2.05) is 24.4 Å². The predicted molar refractivity (Wildman–Crippen MR) is 196 cm³/mol. The maximum absolute atomic E-state index is 13.5. The summed E-state index contributed by atoms with van der Waals surface area (Å²) in [5.41, 5.74) is 3.02. The van der Waals surface area contributed by atoms with Crippen molar-refractivity contribution in [2.24, 2.45) is 0 Å². The van der Waals surface area contributed by atoms with Crippen LogP contribution < -0.4 is 20.7 Å². The minimum atomic E-state index is -0.513. The van der Waals surface area contributed by atoms with Crippen LogP contribution in [0.4, 0.5) is 10.8 Å². The number of thioether (sulfide) groups is 1. The molecule has 12 heteroatoms.